The van der Waals surface area contributed by atoms with Crippen molar-refractivity contribution < 1.29 is 4.74 Å². The van der Waals surface area contributed by atoms with Gasteiger partial charge in [0.15, 0.2) is 0 Å². The van der Waals surface area contributed by atoms with Crippen LogP contribution in [0.3, 0.4) is 0 Å². The van der Waals surface area contributed by atoms with Crippen LogP contribution in [-0.4, -0.2) is 7.11 Å². The Morgan fingerprint density at radius 2 is 1.95 bits per heavy atom. The van der Waals surface area contributed by atoms with E-state index in [1.54, 1.807) is 13.2 Å². The first kappa shape index (κ1) is 15.1. The highest BCUT2D eigenvalue weighted by atomic mass is 79.9. The number of methoxy groups -OCH3 is 1. The molecule has 1 unspecified atom stereocenters. The quantitative estimate of drug-likeness (QED) is 0.795. The monoisotopic (exact) mass is 379 g/mol. The number of halogens is 3. The average molecular weight is 381 g/mol. The molecule has 19 heavy (non-hydrogen) atoms. The molecule has 0 saturated heterocycles. The Morgan fingerprint density at radius 3 is 2.47 bits per heavy atom. The van der Waals surface area contributed by atoms with Crippen LogP contribution in [0.2, 0.25) is 8.67 Å². The summed E-state index contributed by atoms with van der Waals surface area (Å²) in [6, 6.07) is 5.33. The molecule has 1 atom stereocenters. The van der Waals surface area contributed by atoms with Crippen LogP contribution < -0.4 is 10.5 Å². The second-order valence-corrected chi connectivity index (χ2v) is 7.24. The Morgan fingerprint density at radius 1 is 1.26 bits per heavy atom. The summed E-state index contributed by atoms with van der Waals surface area (Å²) >= 11 is 16.9. The van der Waals surface area contributed by atoms with Gasteiger partial charge < -0.3 is 10.5 Å². The van der Waals surface area contributed by atoms with Crippen LogP contribution in [0.1, 0.15) is 22.7 Å². The smallest absolute Gasteiger partial charge is 0.124 e. The normalized spacial score (nSPS) is 12.5. The summed E-state index contributed by atoms with van der Waals surface area (Å²) in [7, 11) is 1.63. The lowest BCUT2D eigenvalue weighted by Gasteiger charge is -2.17. The van der Waals surface area contributed by atoms with Crippen LogP contribution in [0.5, 0.6) is 5.75 Å². The Labute approximate surface area is 134 Å². The number of hydrogen-bond donors (Lipinski definition) is 1. The van der Waals surface area contributed by atoms with Crippen molar-refractivity contribution in [1.29, 1.82) is 0 Å². The molecule has 2 rings (SSSR count). The number of rotatable bonds is 3. The summed E-state index contributed by atoms with van der Waals surface area (Å²) in [5, 5.41) is 0. The van der Waals surface area contributed by atoms with Crippen molar-refractivity contribution in [2.24, 2.45) is 5.73 Å². The van der Waals surface area contributed by atoms with Gasteiger partial charge in [-0.2, -0.15) is 0 Å². The summed E-state index contributed by atoms with van der Waals surface area (Å²) in [4.78, 5) is 0. The lowest BCUT2D eigenvalue weighted by Crippen LogP contribution is -2.13. The molecule has 0 aliphatic heterocycles. The van der Waals surface area contributed by atoms with Crippen LogP contribution in [-0.2, 0) is 0 Å². The maximum atomic E-state index is 6.29. The minimum absolute atomic E-state index is 0.372. The van der Waals surface area contributed by atoms with Gasteiger partial charge >= 0.3 is 0 Å². The van der Waals surface area contributed by atoms with E-state index in [0.717, 1.165) is 26.9 Å². The standard InChI is InChI=1S/C13H12BrCl2NOS/c1-6-3-10(18-2)7(4-9(6)14)12(17)8-5-11(15)19-13(8)16/h3-5,12H,17H2,1-2H3. The molecule has 0 bridgehead atoms. The molecule has 1 aromatic heterocycles. The zero-order chi connectivity index (χ0) is 14.2. The molecule has 1 heterocycles. The molecule has 0 aliphatic carbocycles. The van der Waals surface area contributed by atoms with E-state index in [1.165, 1.54) is 11.3 Å². The fourth-order valence-electron chi connectivity index (χ4n) is 1.82. The molecule has 1 aromatic carbocycles. The second kappa shape index (κ2) is 6.02. The number of hydrogen-bond acceptors (Lipinski definition) is 3. The van der Waals surface area contributed by atoms with Crippen molar-refractivity contribution in [1.82, 2.24) is 0 Å². The highest BCUT2D eigenvalue weighted by Crippen LogP contribution is 2.40. The van der Waals surface area contributed by atoms with Gasteiger partial charge in [0.2, 0.25) is 0 Å². The molecular formula is C13H12BrCl2NOS. The molecule has 2 aromatic rings. The third-order valence-electron chi connectivity index (χ3n) is 2.86. The van der Waals surface area contributed by atoms with E-state index in [9.17, 15) is 0 Å². The van der Waals surface area contributed by atoms with Gasteiger partial charge in [-0.1, -0.05) is 39.1 Å². The van der Waals surface area contributed by atoms with Crippen molar-refractivity contribution in [2.75, 3.05) is 7.11 Å². The minimum atomic E-state index is -0.372. The van der Waals surface area contributed by atoms with Gasteiger partial charge in [0.1, 0.15) is 5.75 Å². The minimum Gasteiger partial charge on any atom is -0.496 e. The van der Waals surface area contributed by atoms with Crippen molar-refractivity contribution >= 4 is 50.5 Å². The van der Waals surface area contributed by atoms with Gasteiger partial charge in [-0.15, -0.1) is 11.3 Å². The maximum Gasteiger partial charge on any atom is 0.124 e. The summed E-state index contributed by atoms with van der Waals surface area (Å²) in [6.45, 7) is 2.00. The number of aryl methyl sites for hydroxylation is 1. The Hall–Kier alpha value is -0.260. The van der Waals surface area contributed by atoms with E-state index in [4.69, 9.17) is 33.7 Å². The molecule has 0 aliphatic rings. The molecule has 0 radical (unpaired) electrons. The van der Waals surface area contributed by atoms with Gasteiger partial charge in [0.25, 0.3) is 0 Å². The molecule has 0 fully saturated rings. The summed E-state index contributed by atoms with van der Waals surface area (Å²) in [5.74, 6) is 0.742. The van der Waals surface area contributed by atoms with Gasteiger partial charge in [-0.3, -0.25) is 0 Å². The molecule has 0 amide bonds. The van der Waals surface area contributed by atoms with Gasteiger partial charge in [0, 0.05) is 15.6 Å². The second-order valence-electron chi connectivity index (χ2n) is 4.10. The molecule has 102 valence electrons. The van der Waals surface area contributed by atoms with Crippen molar-refractivity contribution in [3.63, 3.8) is 0 Å². The number of ether oxygens (including phenoxy) is 1. The average Bonchev–Trinajstić information content (AvgIpc) is 2.70. The Balaban J connectivity index is 2.52. The zero-order valence-corrected chi connectivity index (χ0v) is 14.3. The lowest BCUT2D eigenvalue weighted by atomic mass is 10.00. The van der Waals surface area contributed by atoms with Crippen molar-refractivity contribution in [3.05, 3.63) is 48.0 Å². The summed E-state index contributed by atoms with van der Waals surface area (Å²) in [6.07, 6.45) is 0. The van der Waals surface area contributed by atoms with E-state index in [0.29, 0.717) is 8.67 Å². The predicted octanol–water partition coefficient (Wildman–Crippen LogP) is 5.18. The third kappa shape index (κ3) is 3.09. The third-order valence-corrected chi connectivity index (χ3v) is 5.24. The lowest BCUT2D eigenvalue weighted by molar-refractivity contribution is 0.407. The molecule has 0 saturated carbocycles. The van der Waals surface area contributed by atoms with Crippen molar-refractivity contribution in [2.45, 2.75) is 13.0 Å². The maximum absolute atomic E-state index is 6.29. The largest absolute Gasteiger partial charge is 0.496 e. The first-order valence-electron chi connectivity index (χ1n) is 5.48. The van der Waals surface area contributed by atoms with Crippen LogP contribution in [0.4, 0.5) is 0 Å². The van der Waals surface area contributed by atoms with Crippen LogP contribution >= 0.6 is 50.5 Å². The first-order valence-corrected chi connectivity index (χ1v) is 7.85. The van der Waals surface area contributed by atoms with Gasteiger partial charge in [-0.25, -0.2) is 0 Å². The topological polar surface area (TPSA) is 35.2 Å². The van der Waals surface area contributed by atoms with Gasteiger partial charge in [0.05, 0.1) is 21.8 Å². The van der Waals surface area contributed by atoms with E-state index in [2.05, 4.69) is 15.9 Å². The highest BCUT2D eigenvalue weighted by Gasteiger charge is 2.20. The SMILES string of the molecule is COc1cc(C)c(Br)cc1C(N)c1cc(Cl)sc1Cl. The fourth-order valence-corrected chi connectivity index (χ4v) is 3.73. The molecular weight excluding hydrogens is 369 g/mol. The van der Waals surface area contributed by atoms with E-state index < -0.39 is 0 Å². The Bertz CT molecular complexity index is 615. The van der Waals surface area contributed by atoms with E-state index in [-0.39, 0.29) is 6.04 Å². The van der Waals surface area contributed by atoms with Crippen molar-refractivity contribution in [3.8, 4) is 5.75 Å². The predicted molar refractivity (Wildman–Crippen MR) is 85.8 cm³/mol. The van der Waals surface area contributed by atoms with E-state index in [1.807, 2.05) is 19.1 Å². The van der Waals surface area contributed by atoms with E-state index >= 15 is 0 Å². The molecule has 6 heteroatoms. The highest BCUT2D eigenvalue weighted by molar-refractivity contribution is 9.10. The van der Waals surface area contributed by atoms with Crippen LogP contribution in [0.25, 0.3) is 0 Å². The van der Waals surface area contributed by atoms with Gasteiger partial charge in [-0.05, 0) is 30.7 Å². The molecule has 2 N–H and O–H groups in total. The number of nitrogens with two attached hydrogens (primary N) is 1. The molecule has 2 nitrogen and oxygen atoms in total. The fraction of sp³-hybridized carbons (Fsp3) is 0.231. The number of benzene rings is 1. The molecule has 0 spiro atoms. The summed E-state index contributed by atoms with van der Waals surface area (Å²) < 4.78 is 7.61. The first-order chi connectivity index (χ1) is 8.93. The zero-order valence-electron chi connectivity index (χ0n) is 10.3. The Kier molecular flexibility index (Phi) is 4.79. The van der Waals surface area contributed by atoms with Crippen LogP contribution in [0, 0.1) is 6.92 Å². The number of thiophene rings is 1. The summed E-state index contributed by atoms with van der Waals surface area (Å²) in [5.41, 5.74) is 9.06. The van der Waals surface area contributed by atoms with Crippen LogP contribution in [0.15, 0.2) is 22.7 Å².